The lowest BCUT2D eigenvalue weighted by atomic mass is 10.2. The molecule has 0 aliphatic carbocycles. The molecule has 2 aliphatic heterocycles. The fourth-order valence-corrected chi connectivity index (χ4v) is 13.7. The highest BCUT2D eigenvalue weighted by Gasteiger charge is 2.72. The third-order valence-electron chi connectivity index (χ3n) is 4.07. The molecule has 1 saturated heterocycles. The van der Waals surface area contributed by atoms with Crippen molar-refractivity contribution in [2.75, 3.05) is 0 Å². The Kier molecular flexibility index (Phi) is 3.66. The van der Waals surface area contributed by atoms with Crippen LogP contribution in [0.2, 0.25) is 0 Å². The van der Waals surface area contributed by atoms with Crippen LogP contribution in [0.4, 0.5) is 0 Å². The molecule has 1 aromatic rings. The van der Waals surface area contributed by atoms with Crippen molar-refractivity contribution in [2.45, 2.75) is 51.9 Å². The molecule has 7 heteroatoms. The highest BCUT2D eigenvalue weighted by molar-refractivity contribution is 8.54. The smallest absolute Gasteiger partial charge is 0.598 e. The molecule has 0 unspecified atom stereocenters. The van der Waals surface area contributed by atoms with Crippen LogP contribution >= 0.6 is 31.3 Å². The number of hydrogen-bond donors (Lipinski definition) is 0. The number of thiocarbonyl (C=S) groups is 1. The standard InChI is InChI=1S/C15H22BO3PS2/c1-14(2,3)20(15(4,5)6)13(21)22-16(19-20)17-11-9-7-8-10-12(11)18-16/h7-10H,1-6H3. The number of para-hydroxylation sites is 2. The van der Waals surface area contributed by atoms with Crippen LogP contribution in [0, 0.1) is 0 Å². The Labute approximate surface area is 142 Å². The molecule has 0 N–H and O–H groups in total. The minimum absolute atomic E-state index is 0.0674. The first-order valence-electron chi connectivity index (χ1n) is 7.44. The van der Waals surface area contributed by atoms with Crippen LogP contribution in [-0.2, 0) is 4.44 Å². The molecule has 2 heterocycles. The van der Waals surface area contributed by atoms with Crippen LogP contribution < -0.4 is 9.31 Å². The van der Waals surface area contributed by atoms with Crippen molar-refractivity contribution in [2.24, 2.45) is 0 Å². The van der Waals surface area contributed by atoms with Gasteiger partial charge in [-0.3, -0.25) is 0 Å². The third kappa shape index (κ3) is 2.22. The van der Waals surface area contributed by atoms with Gasteiger partial charge in [0.05, 0.1) is 10.3 Å². The van der Waals surface area contributed by atoms with Gasteiger partial charge >= 0.3 is 6.03 Å². The molecular formula is C15H22BO3PS2. The van der Waals surface area contributed by atoms with Crippen molar-refractivity contribution < 1.29 is 13.7 Å². The summed E-state index contributed by atoms with van der Waals surface area (Å²) in [7, 11) is -2.08. The van der Waals surface area contributed by atoms with Crippen molar-refractivity contribution in [3.05, 3.63) is 24.3 Å². The molecule has 3 rings (SSSR count). The van der Waals surface area contributed by atoms with Gasteiger partial charge in [-0.2, -0.15) is 11.6 Å². The zero-order valence-corrected chi connectivity index (χ0v) is 16.4. The molecule has 2 aliphatic rings. The average Bonchev–Trinajstić information content (AvgIpc) is 2.84. The lowest BCUT2D eigenvalue weighted by molar-refractivity contribution is 0.343. The quantitative estimate of drug-likeness (QED) is 0.349. The summed E-state index contributed by atoms with van der Waals surface area (Å²) in [6.45, 7) is 13.2. The number of hydrogen-bond acceptors (Lipinski definition) is 5. The van der Waals surface area contributed by atoms with E-state index in [1.54, 1.807) is 0 Å². The van der Waals surface area contributed by atoms with Gasteiger partial charge in [-0.05, 0) is 65.9 Å². The molecule has 120 valence electrons. The lowest BCUT2D eigenvalue weighted by Gasteiger charge is -2.44. The topological polar surface area (TPSA) is 27.7 Å². The lowest BCUT2D eigenvalue weighted by Crippen LogP contribution is -2.45. The van der Waals surface area contributed by atoms with Crippen molar-refractivity contribution in [1.29, 1.82) is 0 Å². The summed E-state index contributed by atoms with van der Waals surface area (Å²) in [5.74, 6) is 1.47. The average molecular weight is 356 g/mol. The fraction of sp³-hybridized carbons (Fsp3) is 0.533. The van der Waals surface area contributed by atoms with Crippen LogP contribution in [0.3, 0.4) is 0 Å². The number of fused-ring (bicyclic) bond motifs is 1. The van der Waals surface area contributed by atoms with E-state index >= 15 is 0 Å². The summed E-state index contributed by atoms with van der Waals surface area (Å²) in [5.41, 5.74) is 0. The maximum atomic E-state index is 6.67. The van der Waals surface area contributed by atoms with E-state index < -0.39 is 13.5 Å². The van der Waals surface area contributed by atoms with Crippen LogP contribution in [0.15, 0.2) is 24.3 Å². The third-order valence-corrected chi connectivity index (χ3v) is 12.0. The van der Waals surface area contributed by atoms with E-state index in [9.17, 15) is 0 Å². The fourth-order valence-electron chi connectivity index (χ4n) is 3.40. The van der Waals surface area contributed by atoms with Gasteiger partial charge in [0.1, 0.15) is 11.5 Å². The van der Waals surface area contributed by atoms with E-state index in [-0.39, 0.29) is 10.3 Å². The maximum absolute atomic E-state index is 6.67. The minimum Gasteiger partial charge on any atom is -0.646 e. The summed E-state index contributed by atoms with van der Waals surface area (Å²) in [4.78, 5) is 0. The van der Waals surface area contributed by atoms with Gasteiger partial charge in [0.15, 0.2) is 11.4 Å². The van der Waals surface area contributed by atoms with E-state index in [1.165, 1.54) is 11.6 Å². The highest BCUT2D eigenvalue weighted by Crippen LogP contribution is 2.85. The summed E-state index contributed by atoms with van der Waals surface area (Å²) < 4.78 is 19.8. The number of rotatable bonds is 0. The Hall–Kier alpha value is -0.285. The second-order valence-electron chi connectivity index (χ2n) is 7.70. The summed E-state index contributed by atoms with van der Waals surface area (Å²) in [5, 5.41) is -0.135. The van der Waals surface area contributed by atoms with Crippen molar-refractivity contribution in [1.82, 2.24) is 0 Å². The van der Waals surface area contributed by atoms with E-state index in [0.29, 0.717) is 0 Å². The van der Waals surface area contributed by atoms with Crippen LogP contribution in [-0.4, -0.2) is 20.3 Å². The summed E-state index contributed by atoms with van der Waals surface area (Å²) >= 11 is 7.28. The number of benzene rings is 1. The van der Waals surface area contributed by atoms with Crippen molar-refractivity contribution in [3.8, 4) is 11.5 Å². The van der Waals surface area contributed by atoms with Crippen LogP contribution in [0.1, 0.15) is 41.5 Å². The van der Waals surface area contributed by atoms with E-state index in [2.05, 4.69) is 41.5 Å². The Morgan fingerprint density at radius 3 is 1.77 bits per heavy atom. The molecule has 3 nitrogen and oxygen atoms in total. The zero-order valence-electron chi connectivity index (χ0n) is 13.9. The Bertz CT molecular complexity index is 597. The molecule has 22 heavy (non-hydrogen) atoms. The molecule has 0 radical (unpaired) electrons. The molecule has 0 saturated carbocycles. The van der Waals surface area contributed by atoms with Crippen molar-refractivity contribution >= 4 is 41.3 Å². The van der Waals surface area contributed by atoms with Gasteiger partial charge in [-0.25, -0.2) is 0 Å². The first kappa shape index (κ1) is 16.6. The zero-order chi connectivity index (χ0) is 16.4. The predicted molar refractivity (Wildman–Crippen MR) is 101 cm³/mol. The first-order chi connectivity index (χ1) is 10.0. The van der Waals surface area contributed by atoms with E-state index in [4.69, 9.17) is 26.0 Å². The van der Waals surface area contributed by atoms with Gasteiger partial charge in [-0.15, -0.1) is 0 Å². The molecule has 0 aromatic heterocycles. The molecule has 0 atom stereocenters. The maximum Gasteiger partial charge on any atom is 0.598 e. The van der Waals surface area contributed by atoms with Gasteiger partial charge in [0, 0.05) is 0 Å². The van der Waals surface area contributed by atoms with Crippen molar-refractivity contribution in [3.63, 3.8) is 0 Å². The molecular weight excluding hydrogens is 334 g/mol. The molecule has 1 fully saturated rings. The summed E-state index contributed by atoms with van der Waals surface area (Å²) in [6, 6.07) is 5.76. The Morgan fingerprint density at radius 2 is 1.41 bits per heavy atom. The Balaban J connectivity index is 2.04. The van der Waals surface area contributed by atoms with Gasteiger partial charge in [0.25, 0.3) is 0 Å². The SMILES string of the molecule is CC(C)(C)[P+]1(C(C)(C)C)O[B-]2(Oc3ccccc3O2)SC1=S. The van der Waals surface area contributed by atoms with Gasteiger partial charge < -0.3 is 13.7 Å². The van der Waals surface area contributed by atoms with Crippen LogP contribution in [0.5, 0.6) is 11.5 Å². The highest BCUT2D eigenvalue weighted by atomic mass is 32.2. The van der Waals surface area contributed by atoms with Gasteiger partial charge in [-0.1, -0.05) is 12.1 Å². The minimum atomic E-state index is -2.08. The summed E-state index contributed by atoms with van der Waals surface area (Å²) in [6.07, 6.45) is 0. The van der Waals surface area contributed by atoms with Crippen LogP contribution in [0.25, 0.3) is 0 Å². The van der Waals surface area contributed by atoms with E-state index in [1.807, 2.05) is 24.3 Å². The normalized spacial score (nSPS) is 22.4. The molecule has 1 spiro atoms. The van der Waals surface area contributed by atoms with E-state index in [0.717, 1.165) is 15.4 Å². The first-order valence-corrected chi connectivity index (χ1v) is 10.4. The Morgan fingerprint density at radius 1 is 0.955 bits per heavy atom. The molecule has 0 bridgehead atoms. The monoisotopic (exact) mass is 356 g/mol. The second-order valence-corrected chi connectivity index (χ2v) is 14.8. The predicted octanol–water partition coefficient (Wildman–Crippen LogP) is 5.47. The van der Waals surface area contributed by atoms with Gasteiger partial charge in [0.2, 0.25) is 0 Å². The molecule has 1 aromatic carbocycles. The molecule has 0 amide bonds. The largest absolute Gasteiger partial charge is 0.646 e. The second kappa shape index (κ2) is 4.86.